The lowest BCUT2D eigenvalue weighted by molar-refractivity contribution is 0.0944. The highest BCUT2D eigenvalue weighted by molar-refractivity contribution is 5.95. The van der Waals surface area contributed by atoms with Gasteiger partial charge >= 0.3 is 0 Å². The Bertz CT molecular complexity index is 704. The molecule has 21 heavy (non-hydrogen) atoms. The van der Waals surface area contributed by atoms with E-state index in [9.17, 15) is 9.59 Å². The molecular weight excluding hydrogens is 266 g/mol. The lowest BCUT2D eigenvalue weighted by Gasteiger charge is -2.10. The molecule has 0 saturated carbocycles. The zero-order valence-electron chi connectivity index (χ0n) is 12.7. The van der Waals surface area contributed by atoms with Gasteiger partial charge in [0.25, 0.3) is 5.91 Å². The third kappa shape index (κ3) is 3.29. The van der Waals surface area contributed by atoms with Crippen molar-refractivity contribution in [3.63, 3.8) is 0 Å². The van der Waals surface area contributed by atoms with Gasteiger partial charge in [-0.1, -0.05) is 26.0 Å². The van der Waals surface area contributed by atoms with Crippen LogP contribution in [0.4, 0.5) is 0 Å². The van der Waals surface area contributed by atoms with Gasteiger partial charge in [0.2, 0.25) is 5.43 Å². The summed E-state index contributed by atoms with van der Waals surface area (Å²) in [6.07, 6.45) is 0.876. The molecule has 0 saturated heterocycles. The molecule has 1 N–H and O–H groups in total. The van der Waals surface area contributed by atoms with Crippen LogP contribution < -0.4 is 10.7 Å². The molecule has 1 heterocycles. The quantitative estimate of drug-likeness (QED) is 0.917. The first-order valence-electron chi connectivity index (χ1n) is 7.32. The van der Waals surface area contributed by atoms with E-state index in [4.69, 9.17) is 0 Å². The minimum atomic E-state index is -0.395. The summed E-state index contributed by atoms with van der Waals surface area (Å²) in [6, 6.07) is 7.23. The van der Waals surface area contributed by atoms with Gasteiger partial charge in [-0.15, -0.1) is 0 Å². The molecule has 0 aliphatic rings. The van der Waals surface area contributed by atoms with Gasteiger partial charge in [0.15, 0.2) is 5.69 Å². The summed E-state index contributed by atoms with van der Waals surface area (Å²) in [6.45, 7) is 7.27. The molecular formula is C16H21N3O2. The molecule has 5 nitrogen and oxygen atoms in total. The molecule has 0 atom stereocenters. The number of carbonyl (C=O) groups excluding carboxylic acids is 1. The van der Waals surface area contributed by atoms with Crippen LogP contribution >= 0.6 is 0 Å². The Morgan fingerprint density at radius 3 is 2.71 bits per heavy atom. The van der Waals surface area contributed by atoms with E-state index >= 15 is 0 Å². The fourth-order valence-corrected chi connectivity index (χ4v) is 2.19. The van der Waals surface area contributed by atoms with E-state index in [2.05, 4.69) is 24.3 Å². The topological polar surface area (TPSA) is 64.0 Å². The molecule has 0 radical (unpaired) electrons. The number of rotatable bonds is 5. The van der Waals surface area contributed by atoms with Crippen LogP contribution in [-0.2, 0) is 6.54 Å². The van der Waals surface area contributed by atoms with Crippen LogP contribution in [0.25, 0.3) is 10.9 Å². The molecule has 0 bridgehead atoms. The number of nitrogens with one attached hydrogen (secondary N) is 1. The summed E-state index contributed by atoms with van der Waals surface area (Å²) in [4.78, 5) is 24.6. The number of fused-ring (bicyclic) bond motifs is 1. The zero-order chi connectivity index (χ0) is 15.4. The van der Waals surface area contributed by atoms with Crippen molar-refractivity contribution < 1.29 is 4.79 Å². The number of hydrogen-bond donors (Lipinski definition) is 1. The van der Waals surface area contributed by atoms with Gasteiger partial charge in [-0.2, -0.15) is 5.10 Å². The normalized spacial score (nSPS) is 11.0. The van der Waals surface area contributed by atoms with Gasteiger partial charge in [0.1, 0.15) is 0 Å². The molecule has 0 aliphatic heterocycles. The molecule has 0 unspecified atom stereocenters. The Balaban J connectivity index is 2.38. The predicted molar refractivity (Wildman–Crippen MR) is 83.5 cm³/mol. The van der Waals surface area contributed by atoms with Crippen molar-refractivity contribution in [2.24, 2.45) is 5.92 Å². The number of benzene rings is 1. The van der Waals surface area contributed by atoms with Crippen molar-refractivity contribution >= 4 is 16.8 Å². The summed E-state index contributed by atoms with van der Waals surface area (Å²) in [5.74, 6) is 0.107. The average molecular weight is 287 g/mol. The van der Waals surface area contributed by atoms with Crippen molar-refractivity contribution in [3.8, 4) is 0 Å². The second kappa shape index (κ2) is 6.52. The number of nitrogens with zero attached hydrogens (tertiary/aromatic N) is 2. The average Bonchev–Trinajstić information content (AvgIpc) is 2.47. The second-order valence-electron chi connectivity index (χ2n) is 5.45. The van der Waals surface area contributed by atoms with Gasteiger partial charge in [-0.25, -0.2) is 0 Å². The highest BCUT2D eigenvalue weighted by atomic mass is 16.2. The standard InChI is InChI=1S/C16H21N3O2/c1-4-19-13-8-6-5-7-12(13)15(20)14(18-19)16(21)17-10-9-11(2)3/h5-8,11H,4,9-10H2,1-3H3,(H,17,21). The molecule has 112 valence electrons. The van der Waals surface area contributed by atoms with Crippen molar-refractivity contribution in [1.82, 2.24) is 15.1 Å². The first-order valence-corrected chi connectivity index (χ1v) is 7.32. The fraction of sp³-hybridized carbons (Fsp3) is 0.438. The molecule has 2 rings (SSSR count). The third-order valence-electron chi connectivity index (χ3n) is 3.38. The molecule has 1 aromatic carbocycles. The number of aryl methyl sites for hydroxylation is 1. The van der Waals surface area contributed by atoms with E-state index in [1.54, 1.807) is 16.8 Å². The Morgan fingerprint density at radius 2 is 2.05 bits per heavy atom. The summed E-state index contributed by atoms with van der Waals surface area (Å²) >= 11 is 0. The van der Waals surface area contributed by atoms with Crippen LogP contribution in [0.15, 0.2) is 29.1 Å². The summed E-state index contributed by atoms with van der Waals surface area (Å²) < 4.78 is 1.69. The summed E-state index contributed by atoms with van der Waals surface area (Å²) in [5.41, 5.74) is 0.417. The zero-order valence-corrected chi connectivity index (χ0v) is 12.7. The Morgan fingerprint density at radius 1 is 1.33 bits per heavy atom. The first-order chi connectivity index (χ1) is 10.0. The second-order valence-corrected chi connectivity index (χ2v) is 5.45. The molecule has 0 fully saturated rings. The number of amides is 1. The van der Waals surface area contributed by atoms with E-state index in [1.165, 1.54) is 0 Å². The van der Waals surface area contributed by atoms with Gasteiger partial charge in [0.05, 0.1) is 5.52 Å². The van der Waals surface area contributed by atoms with Crippen LogP contribution in [-0.4, -0.2) is 22.2 Å². The van der Waals surface area contributed by atoms with E-state index in [0.717, 1.165) is 11.9 Å². The van der Waals surface area contributed by atoms with E-state index in [0.29, 0.717) is 24.4 Å². The maximum Gasteiger partial charge on any atom is 0.275 e. The van der Waals surface area contributed by atoms with E-state index < -0.39 is 5.91 Å². The van der Waals surface area contributed by atoms with Crippen molar-refractivity contribution in [1.29, 1.82) is 0 Å². The van der Waals surface area contributed by atoms with Crippen LogP contribution in [0, 0.1) is 5.92 Å². The molecule has 0 aliphatic carbocycles. The van der Waals surface area contributed by atoms with Crippen LogP contribution in [0.1, 0.15) is 37.7 Å². The number of hydrogen-bond acceptors (Lipinski definition) is 3. The van der Waals surface area contributed by atoms with E-state index in [-0.39, 0.29) is 11.1 Å². The SMILES string of the molecule is CCn1nc(C(=O)NCCC(C)C)c(=O)c2ccccc21. The minimum absolute atomic E-state index is 0.0284. The smallest absolute Gasteiger partial charge is 0.275 e. The minimum Gasteiger partial charge on any atom is -0.351 e. The van der Waals surface area contributed by atoms with Gasteiger partial charge in [-0.05, 0) is 31.4 Å². The van der Waals surface area contributed by atoms with E-state index in [1.807, 2.05) is 19.1 Å². The molecule has 1 aromatic heterocycles. The first kappa shape index (κ1) is 15.2. The Kier molecular flexibility index (Phi) is 4.73. The van der Waals surface area contributed by atoms with Crippen molar-refractivity contribution in [3.05, 3.63) is 40.2 Å². The lowest BCUT2D eigenvalue weighted by Crippen LogP contribution is -2.33. The van der Waals surface area contributed by atoms with Crippen molar-refractivity contribution in [2.75, 3.05) is 6.54 Å². The van der Waals surface area contributed by atoms with Crippen molar-refractivity contribution in [2.45, 2.75) is 33.7 Å². The molecule has 5 heteroatoms. The van der Waals surface area contributed by atoms with Crippen LogP contribution in [0.5, 0.6) is 0 Å². The maximum absolute atomic E-state index is 12.4. The number of carbonyl (C=O) groups is 1. The van der Waals surface area contributed by atoms with Crippen LogP contribution in [0.2, 0.25) is 0 Å². The molecule has 0 spiro atoms. The number of aromatic nitrogens is 2. The monoisotopic (exact) mass is 287 g/mol. The summed E-state index contributed by atoms with van der Waals surface area (Å²) in [5, 5.41) is 7.51. The number of para-hydroxylation sites is 1. The van der Waals surface area contributed by atoms with Gasteiger partial charge in [0, 0.05) is 18.5 Å². The highest BCUT2D eigenvalue weighted by Gasteiger charge is 2.16. The Hall–Kier alpha value is -2.17. The van der Waals surface area contributed by atoms with Crippen LogP contribution in [0.3, 0.4) is 0 Å². The third-order valence-corrected chi connectivity index (χ3v) is 3.38. The largest absolute Gasteiger partial charge is 0.351 e. The summed E-state index contributed by atoms with van der Waals surface area (Å²) in [7, 11) is 0. The Labute approximate surface area is 124 Å². The fourth-order valence-electron chi connectivity index (χ4n) is 2.19. The maximum atomic E-state index is 12.4. The van der Waals surface area contributed by atoms with Gasteiger partial charge in [-0.3, -0.25) is 14.3 Å². The molecule has 1 amide bonds. The molecule has 2 aromatic rings. The van der Waals surface area contributed by atoms with Gasteiger partial charge < -0.3 is 5.32 Å². The highest BCUT2D eigenvalue weighted by Crippen LogP contribution is 2.09. The lowest BCUT2D eigenvalue weighted by atomic mass is 10.1. The predicted octanol–water partition coefficient (Wildman–Crippen LogP) is 2.19.